The molecule has 228 valence electrons. The number of anilines is 1. The van der Waals surface area contributed by atoms with Crippen molar-refractivity contribution < 1.29 is 37.0 Å². The molecule has 0 spiro atoms. The van der Waals surface area contributed by atoms with Gasteiger partial charge in [-0.05, 0) is 66.6 Å². The number of urea groups is 1. The van der Waals surface area contributed by atoms with Crippen LogP contribution in [0.4, 0.5) is 23.7 Å². The van der Waals surface area contributed by atoms with Crippen molar-refractivity contribution >= 4 is 29.0 Å². The van der Waals surface area contributed by atoms with Crippen LogP contribution in [0.25, 0.3) is 0 Å². The lowest BCUT2D eigenvalue weighted by Crippen LogP contribution is -2.45. The third-order valence-corrected chi connectivity index (χ3v) is 7.65. The van der Waals surface area contributed by atoms with E-state index in [0.717, 1.165) is 22.1 Å². The first-order chi connectivity index (χ1) is 20.1. The van der Waals surface area contributed by atoms with E-state index in [2.05, 4.69) is 5.32 Å². The standard InChI is InChI=1S/C30H36F3N3O5S/c1-21-13-17-42-27(21)19-35(15-12-22-10-11-25(40-3)26(18-22)41-4)28(37)20-36(14-7-16-39-2)29(38)34-24-9-6-5-8-23(24)30(31,32)33/h5-6,8-11,13,17-18H,7,12,14-16,19-20H2,1-4H3,(H,34,38). The van der Waals surface area contributed by atoms with Gasteiger partial charge in [0.15, 0.2) is 11.5 Å². The molecule has 1 N–H and O–H groups in total. The lowest BCUT2D eigenvalue weighted by Gasteiger charge is -2.28. The van der Waals surface area contributed by atoms with Gasteiger partial charge in [0.1, 0.15) is 6.54 Å². The fraction of sp³-hybridized carbons (Fsp3) is 0.400. The van der Waals surface area contributed by atoms with Gasteiger partial charge in [0, 0.05) is 31.7 Å². The second-order valence-corrected chi connectivity index (χ2v) is 10.5. The average Bonchev–Trinajstić information content (AvgIpc) is 3.37. The van der Waals surface area contributed by atoms with Crippen LogP contribution in [0.5, 0.6) is 11.5 Å². The molecule has 1 aromatic heterocycles. The third-order valence-electron chi connectivity index (χ3n) is 6.64. The van der Waals surface area contributed by atoms with Gasteiger partial charge in [0.05, 0.1) is 32.0 Å². The summed E-state index contributed by atoms with van der Waals surface area (Å²) in [6, 6.07) is 11.4. The Morgan fingerprint density at radius 2 is 1.69 bits per heavy atom. The summed E-state index contributed by atoms with van der Waals surface area (Å²) in [5, 5.41) is 4.30. The number of nitrogens with one attached hydrogen (secondary N) is 1. The molecule has 1 heterocycles. The zero-order valence-corrected chi connectivity index (χ0v) is 24.9. The lowest BCUT2D eigenvalue weighted by molar-refractivity contribution is -0.137. The van der Waals surface area contributed by atoms with Crippen LogP contribution in [0.1, 0.15) is 28.0 Å². The number of amides is 3. The molecule has 0 radical (unpaired) electrons. The maximum Gasteiger partial charge on any atom is 0.418 e. The fourth-order valence-corrected chi connectivity index (χ4v) is 5.20. The van der Waals surface area contributed by atoms with E-state index in [1.54, 1.807) is 25.2 Å². The Hall–Kier alpha value is -3.77. The SMILES string of the molecule is COCCCN(CC(=O)N(CCc1ccc(OC)c(OC)c1)Cc1sccc1C)C(=O)Nc1ccccc1C(F)(F)F. The number of carbonyl (C=O) groups excluding carboxylic acids is 2. The molecular formula is C30H36F3N3O5S. The number of ether oxygens (including phenoxy) is 3. The molecule has 3 amide bonds. The molecule has 0 bridgehead atoms. The highest BCUT2D eigenvalue weighted by atomic mass is 32.1. The summed E-state index contributed by atoms with van der Waals surface area (Å²) in [4.78, 5) is 30.8. The number of hydrogen-bond acceptors (Lipinski definition) is 6. The Labute approximate surface area is 248 Å². The van der Waals surface area contributed by atoms with Crippen molar-refractivity contribution in [2.75, 3.05) is 52.9 Å². The van der Waals surface area contributed by atoms with Gasteiger partial charge in [-0.1, -0.05) is 18.2 Å². The van der Waals surface area contributed by atoms with Gasteiger partial charge in [-0.2, -0.15) is 13.2 Å². The number of aryl methyl sites for hydroxylation is 1. The average molecular weight is 608 g/mol. The van der Waals surface area contributed by atoms with Crippen molar-refractivity contribution in [2.24, 2.45) is 0 Å². The minimum atomic E-state index is -4.65. The van der Waals surface area contributed by atoms with E-state index in [4.69, 9.17) is 14.2 Å². The van der Waals surface area contributed by atoms with Crippen molar-refractivity contribution in [3.8, 4) is 11.5 Å². The maximum absolute atomic E-state index is 13.7. The highest BCUT2D eigenvalue weighted by molar-refractivity contribution is 7.10. The van der Waals surface area contributed by atoms with Crippen LogP contribution in [-0.4, -0.2) is 69.3 Å². The number of carbonyl (C=O) groups is 2. The number of rotatable bonds is 14. The van der Waals surface area contributed by atoms with Gasteiger partial charge in [-0.25, -0.2) is 4.79 Å². The molecule has 0 fully saturated rings. The molecule has 0 saturated carbocycles. The molecule has 2 aromatic carbocycles. The fourth-order valence-electron chi connectivity index (χ4n) is 4.28. The molecular weight excluding hydrogens is 571 g/mol. The predicted molar refractivity (Wildman–Crippen MR) is 156 cm³/mol. The van der Waals surface area contributed by atoms with Gasteiger partial charge < -0.3 is 29.3 Å². The van der Waals surface area contributed by atoms with Gasteiger partial charge in [-0.3, -0.25) is 4.79 Å². The summed E-state index contributed by atoms with van der Waals surface area (Å²) >= 11 is 1.53. The van der Waals surface area contributed by atoms with E-state index in [9.17, 15) is 22.8 Å². The topological polar surface area (TPSA) is 80.3 Å². The molecule has 0 aliphatic rings. The monoisotopic (exact) mass is 607 g/mol. The first-order valence-electron chi connectivity index (χ1n) is 13.3. The summed E-state index contributed by atoms with van der Waals surface area (Å²) in [5.41, 5.74) is 0.624. The van der Waals surface area contributed by atoms with Crippen LogP contribution < -0.4 is 14.8 Å². The molecule has 3 rings (SSSR count). The number of hydrogen-bond donors (Lipinski definition) is 1. The Morgan fingerprint density at radius 1 is 0.952 bits per heavy atom. The smallest absolute Gasteiger partial charge is 0.418 e. The van der Waals surface area contributed by atoms with Crippen LogP contribution >= 0.6 is 11.3 Å². The van der Waals surface area contributed by atoms with Crippen LogP contribution in [0.3, 0.4) is 0 Å². The second-order valence-electron chi connectivity index (χ2n) is 9.52. The third kappa shape index (κ3) is 9.12. The first kappa shape index (κ1) is 32.7. The summed E-state index contributed by atoms with van der Waals surface area (Å²) in [7, 11) is 4.61. The number of benzene rings is 2. The zero-order valence-electron chi connectivity index (χ0n) is 24.1. The van der Waals surface area contributed by atoms with Crippen molar-refractivity contribution in [1.29, 1.82) is 0 Å². The molecule has 0 aliphatic carbocycles. The Balaban J connectivity index is 1.81. The van der Waals surface area contributed by atoms with Gasteiger partial charge in [-0.15, -0.1) is 11.3 Å². The molecule has 8 nitrogen and oxygen atoms in total. The molecule has 0 saturated heterocycles. The minimum Gasteiger partial charge on any atom is -0.493 e. The molecule has 0 aliphatic heterocycles. The lowest BCUT2D eigenvalue weighted by atomic mass is 10.1. The summed E-state index contributed by atoms with van der Waals surface area (Å²) < 4.78 is 56.4. The normalized spacial score (nSPS) is 11.2. The van der Waals surface area contributed by atoms with Crippen LogP contribution in [0, 0.1) is 6.92 Å². The molecule has 42 heavy (non-hydrogen) atoms. The highest BCUT2D eigenvalue weighted by Crippen LogP contribution is 2.34. The van der Waals surface area contributed by atoms with Gasteiger partial charge in [0.2, 0.25) is 5.91 Å². The van der Waals surface area contributed by atoms with E-state index in [1.807, 2.05) is 30.5 Å². The predicted octanol–water partition coefficient (Wildman–Crippen LogP) is 6.23. The van der Waals surface area contributed by atoms with E-state index in [0.29, 0.717) is 44.0 Å². The van der Waals surface area contributed by atoms with Crippen LogP contribution in [0.2, 0.25) is 0 Å². The Kier molecular flexibility index (Phi) is 12.0. The van der Waals surface area contributed by atoms with Crippen molar-refractivity contribution in [3.63, 3.8) is 0 Å². The van der Waals surface area contributed by atoms with Crippen molar-refractivity contribution in [1.82, 2.24) is 9.80 Å². The van der Waals surface area contributed by atoms with Gasteiger partial charge >= 0.3 is 12.2 Å². The van der Waals surface area contributed by atoms with Gasteiger partial charge in [0.25, 0.3) is 0 Å². The quantitative estimate of drug-likeness (QED) is 0.220. The zero-order chi connectivity index (χ0) is 30.7. The van der Waals surface area contributed by atoms with E-state index in [1.165, 1.54) is 41.5 Å². The van der Waals surface area contributed by atoms with Crippen molar-refractivity contribution in [2.45, 2.75) is 32.5 Å². The molecule has 0 unspecified atom stereocenters. The van der Waals surface area contributed by atoms with Crippen LogP contribution in [-0.2, 0) is 28.7 Å². The Bertz CT molecular complexity index is 1330. The summed E-state index contributed by atoms with van der Waals surface area (Å²) in [5.74, 6) is 0.829. The van der Waals surface area contributed by atoms with Crippen molar-refractivity contribution in [3.05, 3.63) is 75.5 Å². The first-order valence-corrected chi connectivity index (χ1v) is 14.2. The number of alkyl halides is 3. The van der Waals surface area contributed by atoms with Crippen LogP contribution in [0.15, 0.2) is 53.9 Å². The Morgan fingerprint density at radius 3 is 2.33 bits per heavy atom. The number of halogens is 3. The molecule has 3 aromatic rings. The summed E-state index contributed by atoms with van der Waals surface area (Å²) in [6.07, 6.45) is -3.75. The highest BCUT2D eigenvalue weighted by Gasteiger charge is 2.34. The van der Waals surface area contributed by atoms with E-state index < -0.39 is 17.8 Å². The number of para-hydroxylation sites is 1. The maximum atomic E-state index is 13.7. The van der Waals surface area contributed by atoms with E-state index >= 15 is 0 Å². The van der Waals surface area contributed by atoms with E-state index in [-0.39, 0.29) is 24.7 Å². The molecule has 12 heteroatoms. The number of methoxy groups -OCH3 is 3. The number of nitrogens with zero attached hydrogens (tertiary/aromatic N) is 2. The summed E-state index contributed by atoms with van der Waals surface area (Å²) in [6.45, 7) is 2.75. The second kappa shape index (κ2) is 15.5. The molecule has 0 atom stereocenters. The number of thiophene rings is 1. The largest absolute Gasteiger partial charge is 0.493 e. The minimum absolute atomic E-state index is 0.112.